The lowest BCUT2D eigenvalue weighted by atomic mass is 10.1. The van der Waals surface area contributed by atoms with Crippen molar-refractivity contribution in [3.05, 3.63) is 39.7 Å². The van der Waals surface area contributed by atoms with E-state index in [1.54, 1.807) is 4.90 Å². The first-order chi connectivity index (χ1) is 10.0. The molecule has 1 atom stereocenters. The summed E-state index contributed by atoms with van der Waals surface area (Å²) < 4.78 is 13.5. The summed E-state index contributed by atoms with van der Waals surface area (Å²) in [6.07, 6.45) is 1.61. The van der Waals surface area contributed by atoms with Gasteiger partial charge in [-0.1, -0.05) is 6.92 Å². The molecular formula is C14H18FN3O3. The molecule has 1 unspecified atom stereocenters. The van der Waals surface area contributed by atoms with Crippen LogP contribution in [0.15, 0.2) is 18.2 Å². The van der Waals surface area contributed by atoms with Gasteiger partial charge in [0.25, 0.3) is 11.6 Å². The van der Waals surface area contributed by atoms with Crippen LogP contribution in [0.5, 0.6) is 0 Å². The lowest BCUT2D eigenvalue weighted by molar-refractivity contribution is -0.385. The van der Waals surface area contributed by atoms with Crippen molar-refractivity contribution in [2.24, 2.45) is 0 Å². The monoisotopic (exact) mass is 295 g/mol. The van der Waals surface area contributed by atoms with Crippen LogP contribution < -0.4 is 5.32 Å². The number of rotatable bonds is 5. The molecule has 1 heterocycles. The van der Waals surface area contributed by atoms with Crippen LogP contribution in [0.25, 0.3) is 0 Å². The van der Waals surface area contributed by atoms with E-state index in [2.05, 4.69) is 5.32 Å². The van der Waals surface area contributed by atoms with Gasteiger partial charge < -0.3 is 10.2 Å². The Morgan fingerprint density at radius 2 is 2.29 bits per heavy atom. The number of hydrogen-bond acceptors (Lipinski definition) is 4. The van der Waals surface area contributed by atoms with Gasteiger partial charge in [0.2, 0.25) is 0 Å². The zero-order valence-corrected chi connectivity index (χ0v) is 11.8. The molecule has 1 amide bonds. The fraction of sp³-hybridized carbons (Fsp3) is 0.500. The number of nitrogens with one attached hydrogen (secondary N) is 1. The molecule has 0 bridgehead atoms. The normalized spacial score (nSPS) is 17.7. The molecular weight excluding hydrogens is 277 g/mol. The Kier molecular flexibility index (Phi) is 4.85. The molecule has 0 aromatic heterocycles. The Balaban J connectivity index is 2.29. The number of carbonyl (C=O) groups excluding carboxylic acids is 1. The first-order valence-corrected chi connectivity index (χ1v) is 6.99. The predicted octanol–water partition coefficient (Wildman–Crippen LogP) is 1.95. The smallest absolute Gasteiger partial charge is 0.273 e. The number of hydrogen-bond donors (Lipinski definition) is 1. The van der Waals surface area contributed by atoms with E-state index < -0.39 is 16.4 Å². The van der Waals surface area contributed by atoms with Gasteiger partial charge in [-0.25, -0.2) is 4.39 Å². The van der Waals surface area contributed by atoms with E-state index in [-0.39, 0.29) is 17.5 Å². The summed E-state index contributed by atoms with van der Waals surface area (Å²) in [7, 11) is 0. The maximum atomic E-state index is 13.5. The molecule has 1 aliphatic heterocycles. The molecule has 7 heteroatoms. The maximum absolute atomic E-state index is 13.5. The van der Waals surface area contributed by atoms with Crippen LogP contribution >= 0.6 is 0 Å². The second-order valence-electron chi connectivity index (χ2n) is 5.10. The summed E-state index contributed by atoms with van der Waals surface area (Å²) in [6, 6.07) is 3.06. The summed E-state index contributed by atoms with van der Waals surface area (Å²) in [5.41, 5.74) is -0.374. The van der Waals surface area contributed by atoms with Gasteiger partial charge in [0.15, 0.2) is 0 Å². The first-order valence-electron chi connectivity index (χ1n) is 6.99. The Bertz CT molecular complexity index is 544. The van der Waals surface area contributed by atoms with Crippen LogP contribution in [0, 0.1) is 15.9 Å². The van der Waals surface area contributed by atoms with Crippen molar-refractivity contribution in [2.75, 3.05) is 19.6 Å². The number of nitro groups is 1. The molecule has 0 saturated carbocycles. The third kappa shape index (κ3) is 3.55. The topological polar surface area (TPSA) is 75.5 Å². The molecule has 1 aromatic carbocycles. The first kappa shape index (κ1) is 15.4. The number of nitrogens with zero attached hydrogens (tertiary/aromatic N) is 2. The van der Waals surface area contributed by atoms with Crippen molar-refractivity contribution < 1.29 is 14.1 Å². The molecule has 1 aromatic rings. The number of nitro benzene ring substituents is 1. The second kappa shape index (κ2) is 6.62. The molecule has 2 rings (SSSR count). The second-order valence-corrected chi connectivity index (χ2v) is 5.10. The summed E-state index contributed by atoms with van der Waals surface area (Å²) in [5.74, 6) is -1.12. The Hall–Kier alpha value is -2.02. The SMILES string of the molecule is CCCN(C(=O)c1cc(F)cc([N+](=O)[O-])c1)C1CCNC1. The number of carbonyl (C=O) groups is 1. The average molecular weight is 295 g/mol. The highest BCUT2D eigenvalue weighted by atomic mass is 19.1. The lowest BCUT2D eigenvalue weighted by Crippen LogP contribution is -2.42. The minimum Gasteiger partial charge on any atom is -0.334 e. The summed E-state index contributed by atoms with van der Waals surface area (Å²) in [5, 5.41) is 14.0. The van der Waals surface area contributed by atoms with E-state index in [0.29, 0.717) is 13.1 Å². The molecule has 1 aliphatic rings. The van der Waals surface area contributed by atoms with E-state index in [1.807, 2.05) is 6.92 Å². The van der Waals surface area contributed by atoms with Gasteiger partial charge in [0.05, 0.1) is 11.0 Å². The largest absolute Gasteiger partial charge is 0.334 e. The van der Waals surface area contributed by atoms with Crippen molar-refractivity contribution in [2.45, 2.75) is 25.8 Å². The number of halogens is 1. The van der Waals surface area contributed by atoms with Crippen molar-refractivity contribution >= 4 is 11.6 Å². The molecule has 21 heavy (non-hydrogen) atoms. The van der Waals surface area contributed by atoms with Gasteiger partial charge in [0, 0.05) is 30.8 Å². The van der Waals surface area contributed by atoms with Gasteiger partial charge >= 0.3 is 0 Å². The standard InChI is InChI=1S/C14H18FN3O3/c1-2-5-17(12-3-4-16-9-12)14(19)10-6-11(15)8-13(7-10)18(20)21/h6-8,12,16H,2-5,9H2,1H3. The Morgan fingerprint density at radius 1 is 1.52 bits per heavy atom. The summed E-state index contributed by atoms with van der Waals surface area (Å²) >= 11 is 0. The van der Waals surface area contributed by atoms with Crippen molar-refractivity contribution in [3.63, 3.8) is 0 Å². The molecule has 1 fully saturated rings. The summed E-state index contributed by atoms with van der Waals surface area (Å²) in [6.45, 7) is 4.04. The molecule has 114 valence electrons. The Labute approximate surface area is 122 Å². The predicted molar refractivity (Wildman–Crippen MR) is 75.7 cm³/mol. The van der Waals surface area contributed by atoms with Crippen LogP contribution in [-0.2, 0) is 0 Å². The van der Waals surface area contributed by atoms with E-state index in [0.717, 1.165) is 37.6 Å². The van der Waals surface area contributed by atoms with E-state index in [4.69, 9.17) is 0 Å². The minimum atomic E-state index is -0.770. The lowest BCUT2D eigenvalue weighted by Gasteiger charge is -2.28. The summed E-state index contributed by atoms with van der Waals surface area (Å²) in [4.78, 5) is 24.3. The number of amides is 1. The fourth-order valence-electron chi connectivity index (χ4n) is 2.57. The van der Waals surface area contributed by atoms with Gasteiger partial charge in [-0.3, -0.25) is 14.9 Å². The van der Waals surface area contributed by atoms with Gasteiger partial charge in [0.1, 0.15) is 5.82 Å². The van der Waals surface area contributed by atoms with Crippen molar-refractivity contribution in [3.8, 4) is 0 Å². The molecule has 0 radical (unpaired) electrons. The highest BCUT2D eigenvalue weighted by Gasteiger charge is 2.27. The molecule has 1 N–H and O–H groups in total. The van der Waals surface area contributed by atoms with Crippen LogP contribution in [0.1, 0.15) is 30.1 Å². The van der Waals surface area contributed by atoms with Crippen LogP contribution in [0.4, 0.5) is 10.1 Å². The maximum Gasteiger partial charge on any atom is 0.273 e. The number of non-ortho nitro benzene ring substituents is 1. The molecule has 0 aliphatic carbocycles. The van der Waals surface area contributed by atoms with Gasteiger partial charge in [-0.2, -0.15) is 0 Å². The highest BCUT2D eigenvalue weighted by molar-refractivity contribution is 5.95. The quantitative estimate of drug-likeness (QED) is 0.665. The molecule has 1 saturated heterocycles. The molecule has 0 spiro atoms. The average Bonchev–Trinajstić information content (AvgIpc) is 2.97. The van der Waals surface area contributed by atoms with E-state index >= 15 is 0 Å². The van der Waals surface area contributed by atoms with E-state index in [1.165, 1.54) is 0 Å². The van der Waals surface area contributed by atoms with Crippen LogP contribution in [0.2, 0.25) is 0 Å². The van der Waals surface area contributed by atoms with Crippen molar-refractivity contribution in [1.82, 2.24) is 10.2 Å². The minimum absolute atomic E-state index is 0.0297. The zero-order chi connectivity index (χ0) is 15.4. The molecule has 6 nitrogen and oxygen atoms in total. The Morgan fingerprint density at radius 3 is 2.86 bits per heavy atom. The van der Waals surface area contributed by atoms with Crippen molar-refractivity contribution in [1.29, 1.82) is 0 Å². The third-order valence-electron chi connectivity index (χ3n) is 3.54. The van der Waals surface area contributed by atoms with Crippen LogP contribution in [0.3, 0.4) is 0 Å². The third-order valence-corrected chi connectivity index (χ3v) is 3.54. The van der Waals surface area contributed by atoms with Crippen LogP contribution in [-0.4, -0.2) is 41.4 Å². The highest BCUT2D eigenvalue weighted by Crippen LogP contribution is 2.20. The van der Waals surface area contributed by atoms with Gasteiger partial charge in [-0.05, 0) is 25.5 Å². The van der Waals surface area contributed by atoms with Gasteiger partial charge in [-0.15, -0.1) is 0 Å². The zero-order valence-electron chi connectivity index (χ0n) is 11.8. The van der Waals surface area contributed by atoms with E-state index in [9.17, 15) is 19.3 Å². The fourth-order valence-corrected chi connectivity index (χ4v) is 2.57. The number of benzene rings is 1.